The predicted molar refractivity (Wildman–Crippen MR) is 84.6 cm³/mol. The Morgan fingerprint density at radius 2 is 2.30 bits per heavy atom. The lowest BCUT2D eigenvalue weighted by Gasteiger charge is -2.15. The van der Waals surface area contributed by atoms with Crippen molar-refractivity contribution in [3.05, 3.63) is 34.3 Å². The van der Waals surface area contributed by atoms with Crippen LogP contribution in [0.2, 0.25) is 0 Å². The maximum absolute atomic E-state index is 5.09. The van der Waals surface area contributed by atoms with Crippen LogP contribution in [-0.2, 0) is 17.7 Å². The van der Waals surface area contributed by atoms with Crippen molar-refractivity contribution in [1.82, 2.24) is 9.55 Å². The molecule has 110 valence electrons. The molecule has 20 heavy (non-hydrogen) atoms. The normalized spacial score (nSPS) is 12.6. The maximum atomic E-state index is 5.09. The number of aryl methyl sites for hydroxylation is 2. The minimum atomic E-state index is 0.372. The second-order valence-electron chi connectivity index (χ2n) is 5.05. The number of hydrogen-bond donors (Lipinski definition) is 1. The molecule has 2 heterocycles. The first kappa shape index (κ1) is 15.1. The van der Waals surface area contributed by atoms with Crippen LogP contribution in [-0.4, -0.2) is 29.3 Å². The Bertz CT molecular complexity index is 521. The van der Waals surface area contributed by atoms with Crippen molar-refractivity contribution in [2.24, 2.45) is 0 Å². The molecule has 2 rings (SSSR count). The first-order valence-electron chi connectivity index (χ1n) is 7.01. The van der Waals surface area contributed by atoms with Crippen molar-refractivity contribution in [3.8, 4) is 0 Å². The lowest BCUT2D eigenvalue weighted by atomic mass is 10.2. The maximum Gasteiger partial charge on any atom is 0.202 e. The van der Waals surface area contributed by atoms with E-state index in [-0.39, 0.29) is 0 Å². The topological polar surface area (TPSA) is 39.1 Å². The van der Waals surface area contributed by atoms with E-state index in [4.69, 9.17) is 4.74 Å². The molecule has 0 saturated heterocycles. The van der Waals surface area contributed by atoms with Crippen LogP contribution in [0.25, 0.3) is 0 Å². The van der Waals surface area contributed by atoms with Crippen molar-refractivity contribution < 1.29 is 4.74 Å². The van der Waals surface area contributed by atoms with E-state index in [2.05, 4.69) is 40.8 Å². The molecule has 0 aliphatic heterocycles. The number of rotatable bonds is 8. The molecule has 0 fully saturated rings. The zero-order valence-corrected chi connectivity index (χ0v) is 13.2. The van der Waals surface area contributed by atoms with E-state index in [0.717, 1.165) is 31.9 Å². The standard InChI is InChI=1S/C15H23N3OS/c1-12(11-14-6-5-13(2)20-14)17-15-16-7-9-18(15)8-4-10-19-3/h5-7,9,12H,4,8,10-11H2,1-3H3,(H,16,17). The van der Waals surface area contributed by atoms with Gasteiger partial charge >= 0.3 is 0 Å². The summed E-state index contributed by atoms with van der Waals surface area (Å²) in [5.41, 5.74) is 0. The van der Waals surface area contributed by atoms with Gasteiger partial charge in [-0.3, -0.25) is 0 Å². The van der Waals surface area contributed by atoms with Gasteiger partial charge in [0.15, 0.2) is 0 Å². The van der Waals surface area contributed by atoms with E-state index >= 15 is 0 Å². The number of anilines is 1. The molecule has 1 atom stereocenters. The second-order valence-corrected chi connectivity index (χ2v) is 6.42. The van der Waals surface area contributed by atoms with Gasteiger partial charge in [-0.15, -0.1) is 11.3 Å². The van der Waals surface area contributed by atoms with Crippen molar-refractivity contribution in [3.63, 3.8) is 0 Å². The fraction of sp³-hybridized carbons (Fsp3) is 0.533. The van der Waals surface area contributed by atoms with E-state index in [1.807, 2.05) is 23.7 Å². The lowest BCUT2D eigenvalue weighted by Crippen LogP contribution is -2.20. The fourth-order valence-corrected chi connectivity index (χ4v) is 3.20. The number of aromatic nitrogens is 2. The Labute approximate surface area is 124 Å². The van der Waals surface area contributed by atoms with E-state index < -0.39 is 0 Å². The summed E-state index contributed by atoms with van der Waals surface area (Å²) < 4.78 is 7.24. The molecule has 1 N–H and O–H groups in total. The second kappa shape index (κ2) is 7.45. The smallest absolute Gasteiger partial charge is 0.202 e. The quantitative estimate of drug-likeness (QED) is 0.759. The molecule has 0 aliphatic rings. The first-order valence-corrected chi connectivity index (χ1v) is 7.82. The first-order chi connectivity index (χ1) is 9.69. The molecule has 0 aliphatic carbocycles. The molecule has 5 heteroatoms. The summed E-state index contributed by atoms with van der Waals surface area (Å²) in [4.78, 5) is 7.18. The molecule has 2 aromatic rings. The van der Waals surface area contributed by atoms with Crippen LogP contribution >= 0.6 is 11.3 Å². The van der Waals surface area contributed by atoms with E-state index in [0.29, 0.717) is 6.04 Å². The van der Waals surface area contributed by atoms with Gasteiger partial charge in [-0.1, -0.05) is 0 Å². The van der Waals surface area contributed by atoms with Crippen LogP contribution in [0.4, 0.5) is 5.95 Å². The van der Waals surface area contributed by atoms with Gasteiger partial charge in [0, 0.05) is 54.9 Å². The average molecular weight is 293 g/mol. The average Bonchev–Trinajstić information content (AvgIpc) is 3.00. The van der Waals surface area contributed by atoms with Gasteiger partial charge in [0.05, 0.1) is 0 Å². The van der Waals surface area contributed by atoms with Crippen LogP contribution in [0.15, 0.2) is 24.5 Å². The molecule has 0 spiro atoms. The number of nitrogens with one attached hydrogen (secondary N) is 1. The lowest BCUT2D eigenvalue weighted by molar-refractivity contribution is 0.190. The van der Waals surface area contributed by atoms with Crippen molar-refractivity contribution in [1.29, 1.82) is 0 Å². The summed E-state index contributed by atoms with van der Waals surface area (Å²) in [6.07, 6.45) is 5.89. The number of ether oxygens (including phenoxy) is 1. The van der Waals surface area contributed by atoms with Crippen molar-refractivity contribution in [2.45, 2.75) is 39.3 Å². The molecule has 0 bridgehead atoms. The van der Waals surface area contributed by atoms with Crippen LogP contribution in [0.1, 0.15) is 23.1 Å². The highest BCUT2D eigenvalue weighted by Gasteiger charge is 2.09. The zero-order valence-electron chi connectivity index (χ0n) is 12.4. The minimum Gasteiger partial charge on any atom is -0.385 e. The molecule has 2 aromatic heterocycles. The third-order valence-electron chi connectivity index (χ3n) is 3.14. The molecule has 0 saturated carbocycles. The summed E-state index contributed by atoms with van der Waals surface area (Å²) in [6.45, 7) is 6.06. The number of thiophene rings is 1. The predicted octanol–water partition coefficient (Wildman–Crippen LogP) is 3.33. The molecule has 0 amide bonds. The van der Waals surface area contributed by atoms with E-state index in [1.165, 1.54) is 9.75 Å². The van der Waals surface area contributed by atoms with Gasteiger partial charge in [0.1, 0.15) is 0 Å². The monoisotopic (exact) mass is 293 g/mol. The molecular formula is C15H23N3OS. The Balaban J connectivity index is 1.87. The van der Waals surface area contributed by atoms with Gasteiger partial charge in [0.2, 0.25) is 5.95 Å². The molecule has 4 nitrogen and oxygen atoms in total. The summed E-state index contributed by atoms with van der Waals surface area (Å²) in [6, 6.07) is 4.76. The number of hydrogen-bond acceptors (Lipinski definition) is 4. The van der Waals surface area contributed by atoms with Gasteiger partial charge in [0.25, 0.3) is 0 Å². The number of methoxy groups -OCH3 is 1. The highest BCUT2D eigenvalue weighted by Crippen LogP contribution is 2.18. The largest absolute Gasteiger partial charge is 0.385 e. The van der Waals surface area contributed by atoms with Gasteiger partial charge in [-0.25, -0.2) is 4.98 Å². The SMILES string of the molecule is COCCCn1ccnc1NC(C)Cc1ccc(C)s1. The molecular weight excluding hydrogens is 270 g/mol. The molecule has 0 radical (unpaired) electrons. The summed E-state index contributed by atoms with van der Waals surface area (Å²) in [5, 5.41) is 3.49. The van der Waals surface area contributed by atoms with E-state index in [1.54, 1.807) is 7.11 Å². The van der Waals surface area contributed by atoms with Gasteiger partial charge in [-0.2, -0.15) is 0 Å². The highest BCUT2D eigenvalue weighted by molar-refractivity contribution is 7.11. The fourth-order valence-electron chi connectivity index (χ4n) is 2.18. The summed E-state index contributed by atoms with van der Waals surface area (Å²) in [5.74, 6) is 0.946. The highest BCUT2D eigenvalue weighted by atomic mass is 32.1. The van der Waals surface area contributed by atoms with Crippen LogP contribution < -0.4 is 5.32 Å². The van der Waals surface area contributed by atoms with Crippen LogP contribution in [0.3, 0.4) is 0 Å². The minimum absolute atomic E-state index is 0.372. The van der Waals surface area contributed by atoms with E-state index in [9.17, 15) is 0 Å². The zero-order chi connectivity index (χ0) is 14.4. The van der Waals surface area contributed by atoms with Gasteiger partial charge in [-0.05, 0) is 32.4 Å². The number of nitrogens with zero attached hydrogens (tertiary/aromatic N) is 2. The Hall–Kier alpha value is -1.33. The van der Waals surface area contributed by atoms with Gasteiger partial charge < -0.3 is 14.6 Å². The van der Waals surface area contributed by atoms with Crippen molar-refractivity contribution >= 4 is 17.3 Å². The Morgan fingerprint density at radius 1 is 1.45 bits per heavy atom. The van der Waals surface area contributed by atoms with Crippen LogP contribution in [0.5, 0.6) is 0 Å². The summed E-state index contributed by atoms with van der Waals surface area (Å²) >= 11 is 1.87. The van der Waals surface area contributed by atoms with Crippen molar-refractivity contribution in [2.75, 3.05) is 19.0 Å². The molecule has 0 aromatic carbocycles. The third-order valence-corrected chi connectivity index (χ3v) is 4.16. The third kappa shape index (κ3) is 4.35. The molecule has 1 unspecified atom stereocenters. The Kier molecular flexibility index (Phi) is 5.61. The summed E-state index contributed by atoms with van der Waals surface area (Å²) in [7, 11) is 1.73. The Morgan fingerprint density at radius 3 is 3.00 bits per heavy atom. The number of imidazole rings is 1. The van der Waals surface area contributed by atoms with Crippen LogP contribution in [0, 0.1) is 6.92 Å².